The summed E-state index contributed by atoms with van der Waals surface area (Å²) in [6.07, 6.45) is 3.99. The number of amides is 2. The predicted octanol–water partition coefficient (Wildman–Crippen LogP) is 3.20. The van der Waals surface area contributed by atoms with Crippen molar-refractivity contribution in [1.29, 1.82) is 0 Å². The second kappa shape index (κ2) is 7.05. The van der Waals surface area contributed by atoms with Crippen LogP contribution in [0.1, 0.15) is 31.8 Å². The molecule has 0 aliphatic heterocycles. The van der Waals surface area contributed by atoms with Crippen LogP contribution >= 0.6 is 0 Å². The van der Waals surface area contributed by atoms with E-state index >= 15 is 0 Å². The Bertz CT molecular complexity index is 897. The normalized spacial score (nSPS) is 10.4. The van der Waals surface area contributed by atoms with Gasteiger partial charge in [0.05, 0.1) is 0 Å². The monoisotopic (exact) mass is 333 g/mol. The van der Waals surface area contributed by atoms with Crippen LogP contribution in [0.2, 0.25) is 0 Å². The molecular formula is C20H19N3O2. The summed E-state index contributed by atoms with van der Waals surface area (Å²) in [4.78, 5) is 23.8. The van der Waals surface area contributed by atoms with Gasteiger partial charge in [-0.05, 0) is 54.4 Å². The highest BCUT2D eigenvalue weighted by atomic mass is 16.2. The zero-order valence-electron chi connectivity index (χ0n) is 13.9. The van der Waals surface area contributed by atoms with Crippen molar-refractivity contribution in [3.8, 4) is 0 Å². The molecule has 0 atom stereocenters. The van der Waals surface area contributed by atoms with E-state index in [1.165, 1.54) is 0 Å². The summed E-state index contributed by atoms with van der Waals surface area (Å²) in [6.45, 7) is 2.52. The molecule has 0 aliphatic rings. The fraction of sp³-hybridized carbons (Fsp3) is 0.100. The summed E-state index contributed by atoms with van der Waals surface area (Å²) in [7, 11) is 0. The lowest BCUT2D eigenvalue weighted by Crippen LogP contribution is -2.16. The van der Waals surface area contributed by atoms with Crippen molar-refractivity contribution in [2.45, 2.75) is 13.5 Å². The first kappa shape index (κ1) is 16.5. The quantitative estimate of drug-likeness (QED) is 0.752. The van der Waals surface area contributed by atoms with Gasteiger partial charge in [0.1, 0.15) is 0 Å². The number of hydrogen-bond acceptors (Lipinski definition) is 2. The Balaban J connectivity index is 1.73. The van der Waals surface area contributed by atoms with E-state index < -0.39 is 5.91 Å². The maximum atomic E-state index is 12.4. The fourth-order valence-corrected chi connectivity index (χ4v) is 2.68. The number of carbonyl (C=O) groups excluding carboxylic acids is 2. The van der Waals surface area contributed by atoms with Crippen molar-refractivity contribution >= 4 is 17.5 Å². The number of nitrogens with two attached hydrogens (primary N) is 1. The van der Waals surface area contributed by atoms with Gasteiger partial charge in [0.15, 0.2) is 0 Å². The molecule has 1 heterocycles. The van der Waals surface area contributed by atoms with E-state index in [2.05, 4.69) is 9.88 Å². The number of aromatic nitrogens is 1. The average molecular weight is 333 g/mol. The molecule has 0 aliphatic carbocycles. The first-order chi connectivity index (χ1) is 12.0. The zero-order valence-corrected chi connectivity index (χ0v) is 13.9. The lowest BCUT2D eigenvalue weighted by molar-refractivity contribution is 0.0995. The third-order valence-electron chi connectivity index (χ3n) is 4.09. The summed E-state index contributed by atoms with van der Waals surface area (Å²) < 4.78 is 2.06. The highest BCUT2D eigenvalue weighted by Crippen LogP contribution is 2.19. The Morgan fingerprint density at radius 3 is 2.32 bits per heavy atom. The van der Waals surface area contributed by atoms with Crippen LogP contribution in [-0.2, 0) is 6.54 Å². The van der Waals surface area contributed by atoms with Crippen LogP contribution in [0.25, 0.3) is 0 Å². The van der Waals surface area contributed by atoms with Gasteiger partial charge in [0, 0.05) is 35.8 Å². The molecule has 25 heavy (non-hydrogen) atoms. The molecule has 0 saturated heterocycles. The molecule has 126 valence electrons. The van der Waals surface area contributed by atoms with Gasteiger partial charge in [-0.2, -0.15) is 0 Å². The first-order valence-corrected chi connectivity index (χ1v) is 7.95. The van der Waals surface area contributed by atoms with Gasteiger partial charge in [0.25, 0.3) is 5.91 Å². The first-order valence-electron chi connectivity index (χ1n) is 7.95. The molecule has 1 aromatic heterocycles. The van der Waals surface area contributed by atoms with E-state index in [4.69, 9.17) is 5.73 Å². The third-order valence-corrected chi connectivity index (χ3v) is 4.09. The molecule has 5 nitrogen and oxygen atoms in total. The van der Waals surface area contributed by atoms with Gasteiger partial charge >= 0.3 is 0 Å². The van der Waals surface area contributed by atoms with E-state index in [-0.39, 0.29) is 5.91 Å². The number of nitrogens with one attached hydrogen (secondary N) is 1. The molecular weight excluding hydrogens is 314 g/mol. The second-order valence-electron chi connectivity index (χ2n) is 5.85. The molecule has 3 N–H and O–H groups in total. The number of carbonyl (C=O) groups is 2. The van der Waals surface area contributed by atoms with E-state index in [1.807, 2.05) is 36.7 Å². The van der Waals surface area contributed by atoms with Crippen molar-refractivity contribution in [1.82, 2.24) is 4.57 Å². The molecule has 2 amide bonds. The summed E-state index contributed by atoms with van der Waals surface area (Å²) >= 11 is 0. The topological polar surface area (TPSA) is 77.1 Å². The minimum absolute atomic E-state index is 0.225. The van der Waals surface area contributed by atoms with E-state index in [1.54, 1.807) is 37.3 Å². The number of rotatable bonds is 5. The van der Waals surface area contributed by atoms with Crippen LogP contribution in [0.15, 0.2) is 67.0 Å². The number of hydrogen-bond donors (Lipinski definition) is 2. The summed E-state index contributed by atoms with van der Waals surface area (Å²) in [6, 6.07) is 16.5. The Morgan fingerprint density at radius 1 is 1.00 bits per heavy atom. The molecule has 3 aromatic rings. The van der Waals surface area contributed by atoms with Crippen molar-refractivity contribution in [3.05, 3.63) is 89.2 Å². The second-order valence-corrected chi connectivity index (χ2v) is 5.85. The van der Waals surface area contributed by atoms with Crippen LogP contribution in [0.4, 0.5) is 5.69 Å². The SMILES string of the molecule is Cc1c(NC(=O)c2ccc(Cn3cccc3)cc2)cccc1C(N)=O. The number of benzene rings is 2. The fourth-order valence-electron chi connectivity index (χ4n) is 2.68. The van der Waals surface area contributed by atoms with Crippen LogP contribution in [-0.4, -0.2) is 16.4 Å². The highest BCUT2D eigenvalue weighted by Gasteiger charge is 2.12. The molecule has 0 radical (unpaired) electrons. The van der Waals surface area contributed by atoms with E-state index in [0.717, 1.165) is 12.1 Å². The third kappa shape index (κ3) is 3.77. The smallest absolute Gasteiger partial charge is 0.255 e. The molecule has 5 heteroatoms. The Kier molecular flexibility index (Phi) is 4.66. The van der Waals surface area contributed by atoms with E-state index in [0.29, 0.717) is 22.4 Å². The Labute approximate surface area is 146 Å². The van der Waals surface area contributed by atoms with Crippen LogP contribution in [0, 0.1) is 6.92 Å². The van der Waals surface area contributed by atoms with Gasteiger partial charge in [0.2, 0.25) is 5.91 Å². The van der Waals surface area contributed by atoms with Gasteiger partial charge in [-0.15, -0.1) is 0 Å². The van der Waals surface area contributed by atoms with Crippen molar-refractivity contribution in [2.75, 3.05) is 5.32 Å². The number of nitrogens with zero attached hydrogens (tertiary/aromatic N) is 1. The lowest BCUT2D eigenvalue weighted by Gasteiger charge is -2.11. The highest BCUT2D eigenvalue weighted by molar-refractivity contribution is 6.05. The lowest BCUT2D eigenvalue weighted by atomic mass is 10.1. The Hall–Kier alpha value is -3.34. The largest absolute Gasteiger partial charge is 0.366 e. The average Bonchev–Trinajstić information content (AvgIpc) is 3.10. The predicted molar refractivity (Wildman–Crippen MR) is 97.6 cm³/mol. The van der Waals surface area contributed by atoms with Gasteiger partial charge in [-0.3, -0.25) is 9.59 Å². The van der Waals surface area contributed by atoms with Crippen molar-refractivity contribution in [2.24, 2.45) is 5.73 Å². The minimum Gasteiger partial charge on any atom is -0.366 e. The van der Waals surface area contributed by atoms with Crippen molar-refractivity contribution < 1.29 is 9.59 Å². The summed E-state index contributed by atoms with van der Waals surface area (Å²) in [5, 5.41) is 2.83. The summed E-state index contributed by atoms with van der Waals surface area (Å²) in [5.74, 6) is -0.736. The van der Waals surface area contributed by atoms with Gasteiger partial charge in [-0.1, -0.05) is 18.2 Å². The molecule has 3 rings (SSSR count). The van der Waals surface area contributed by atoms with Crippen molar-refractivity contribution in [3.63, 3.8) is 0 Å². The maximum Gasteiger partial charge on any atom is 0.255 e. The van der Waals surface area contributed by atoms with Gasteiger partial charge in [-0.25, -0.2) is 0 Å². The van der Waals surface area contributed by atoms with Crippen LogP contribution in [0.5, 0.6) is 0 Å². The van der Waals surface area contributed by atoms with Gasteiger partial charge < -0.3 is 15.6 Å². The zero-order chi connectivity index (χ0) is 17.8. The minimum atomic E-state index is -0.511. The Morgan fingerprint density at radius 2 is 1.68 bits per heavy atom. The molecule has 0 saturated carbocycles. The molecule has 0 unspecified atom stereocenters. The number of primary amides is 1. The van der Waals surface area contributed by atoms with Crippen LogP contribution < -0.4 is 11.1 Å². The van der Waals surface area contributed by atoms with E-state index in [9.17, 15) is 9.59 Å². The standard InChI is InChI=1S/C20H19N3O2/c1-14-17(19(21)24)5-4-6-18(14)22-20(25)16-9-7-15(8-10-16)13-23-11-2-3-12-23/h2-12H,13H2,1H3,(H2,21,24)(H,22,25). The molecule has 0 fully saturated rings. The number of anilines is 1. The maximum absolute atomic E-state index is 12.4. The van der Waals surface area contributed by atoms with Crippen LogP contribution in [0.3, 0.4) is 0 Å². The summed E-state index contributed by atoms with van der Waals surface area (Å²) in [5.41, 5.74) is 8.65. The molecule has 0 bridgehead atoms. The molecule has 2 aromatic carbocycles. The molecule has 0 spiro atoms.